The molecule has 0 aliphatic heterocycles. The molecule has 3 aromatic carbocycles. The molecular formula is C24H21FN4O4. The van der Waals surface area contributed by atoms with E-state index in [0.29, 0.717) is 11.3 Å². The Morgan fingerprint density at radius 2 is 1.70 bits per heavy atom. The van der Waals surface area contributed by atoms with Crippen LogP contribution in [0.15, 0.2) is 60.7 Å². The number of hydrogen-bond acceptors (Lipinski definition) is 6. The molecule has 4 aromatic rings. The van der Waals surface area contributed by atoms with Crippen molar-refractivity contribution < 1.29 is 24.5 Å². The number of phenols is 2. The van der Waals surface area contributed by atoms with Gasteiger partial charge in [0.1, 0.15) is 17.3 Å². The fourth-order valence-electron chi connectivity index (χ4n) is 3.57. The van der Waals surface area contributed by atoms with Crippen molar-refractivity contribution in [2.45, 2.75) is 13.5 Å². The first-order valence-electron chi connectivity index (χ1n) is 10.0. The van der Waals surface area contributed by atoms with Crippen molar-refractivity contribution >= 4 is 5.91 Å². The van der Waals surface area contributed by atoms with Crippen LogP contribution in [0.3, 0.4) is 0 Å². The fraction of sp³-hybridized carbons (Fsp3) is 0.125. The molecule has 4 rings (SSSR count). The van der Waals surface area contributed by atoms with E-state index in [1.165, 1.54) is 28.6 Å². The summed E-state index contributed by atoms with van der Waals surface area (Å²) in [6, 6.07) is 15.2. The number of halogens is 1. The van der Waals surface area contributed by atoms with Crippen LogP contribution in [0.1, 0.15) is 21.5 Å². The van der Waals surface area contributed by atoms with Crippen LogP contribution in [0.5, 0.6) is 17.5 Å². The Morgan fingerprint density at radius 1 is 1.00 bits per heavy atom. The van der Waals surface area contributed by atoms with Crippen molar-refractivity contribution in [1.29, 1.82) is 0 Å². The molecule has 1 heterocycles. The van der Waals surface area contributed by atoms with Crippen molar-refractivity contribution in [1.82, 2.24) is 19.7 Å². The highest BCUT2D eigenvalue weighted by molar-refractivity contribution is 5.98. The molecule has 0 unspecified atom stereocenters. The van der Waals surface area contributed by atoms with E-state index < -0.39 is 23.5 Å². The highest BCUT2D eigenvalue weighted by Gasteiger charge is 2.24. The minimum absolute atomic E-state index is 0.0265. The van der Waals surface area contributed by atoms with Gasteiger partial charge >= 0.3 is 6.01 Å². The SMILES string of the molecule is Cc1ccccc1-n1c(O)nnc1-c1cc(C(=O)N(C)Cc2ccccc2F)c(O)cc1O. The van der Waals surface area contributed by atoms with Crippen LogP contribution >= 0.6 is 0 Å². The number of rotatable bonds is 5. The maximum absolute atomic E-state index is 14.0. The van der Waals surface area contributed by atoms with E-state index in [0.717, 1.165) is 11.6 Å². The third kappa shape index (κ3) is 4.08. The maximum atomic E-state index is 14.0. The lowest BCUT2D eigenvalue weighted by atomic mass is 10.1. The summed E-state index contributed by atoms with van der Waals surface area (Å²) in [5.41, 5.74) is 1.66. The van der Waals surface area contributed by atoms with Gasteiger partial charge in [0.05, 0.1) is 16.8 Å². The van der Waals surface area contributed by atoms with Crippen molar-refractivity contribution in [2.24, 2.45) is 0 Å². The molecule has 0 atom stereocenters. The van der Waals surface area contributed by atoms with E-state index >= 15 is 0 Å². The Morgan fingerprint density at radius 3 is 2.42 bits per heavy atom. The fourth-order valence-corrected chi connectivity index (χ4v) is 3.57. The van der Waals surface area contributed by atoms with E-state index in [-0.39, 0.29) is 29.2 Å². The number of aryl methyl sites for hydroxylation is 1. The Balaban J connectivity index is 1.76. The van der Waals surface area contributed by atoms with Crippen molar-refractivity contribution in [2.75, 3.05) is 7.05 Å². The minimum atomic E-state index is -0.594. The van der Waals surface area contributed by atoms with Crippen LogP contribution in [0, 0.1) is 12.7 Å². The molecule has 0 spiro atoms. The monoisotopic (exact) mass is 448 g/mol. The van der Waals surface area contributed by atoms with E-state index in [1.54, 1.807) is 30.3 Å². The molecule has 3 N–H and O–H groups in total. The Hall–Kier alpha value is -4.40. The molecule has 0 bridgehead atoms. The van der Waals surface area contributed by atoms with Gasteiger partial charge in [-0.15, -0.1) is 5.10 Å². The number of para-hydroxylation sites is 1. The molecule has 0 radical (unpaired) electrons. The van der Waals surface area contributed by atoms with Crippen LogP contribution in [0.2, 0.25) is 0 Å². The van der Waals surface area contributed by atoms with Crippen LogP contribution in [0.4, 0.5) is 4.39 Å². The van der Waals surface area contributed by atoms with Crippen LogP contribution in [0.25, 0.3) is 17.1 Å². The van der Waals surface area contributed by atoms with Crippen molar-refractivity contribution in [3.63, 3.8) is 0 Å². The van der Waals surface area contributed by atoms with E-state index in [9.17, 15) is 24.5 Å². The molecule has 8 nitrogen and oxygen atoms in total. The number of aromatic hydroxyl groups is 3. The molecule has 9 heteroatoms. The Bertz CT molecular complexity index is 1350. The standard InChI is InChI=1S/C24H21FN4O4/c1-14-7-3-6-10-19(14)29-22(26-27-24(29)33)16-11-17(21(31)12-20(16)30)23(32)28(2)13-15-8-4-5-9-18(15)25/h3-12,30-31H,13H2,1-2H3,(H,27,33). The minimum Gasteiger partial charge on any atom is -0.507 e. The third-order valence-electron chi connectivity index (χ3n) is 5.30. The van der Waals surface area contributed by atoms with Gasteiger partial charge in [0.25, 0.3) is 5.91 Å². The van der Waals surface area contributed by atoms with E-state index in [2.05, 4.69) is 10.2 Å². The highest BCUT2D eigenvalue weighted by atomic mass is 19.1. The number of aromatic nitrogens is 3. The zero-order valence-electron chi connectivity index (χ0n) is 17.9. The largest absolute Gasteiger partial charge is 0.507 e. The average Bonchev–Trinajstić information content (AvgIpc) is 3.16. The summed E-state index contributed by atoms with van der Waals surface area (Å²) >= 11 is 0. The number of carbonyl (C=O) groups excluding carboxylic acids is 1. The summed E-state index contributed by atoms with van der Waals surface area (Å²) in [6.45, 7) is 1.81. The molecule has 168 valence electrons. The first-order valence-corrected chi connectivity index (χ1v) is 10.0. The normalized spacial score (nSPS) is 10.9. The van der Waals surface area contributed by atoms with Gasteiger partial charge < -0.3 is 20.2 Å². The van der Waals surface area contributed by atoms with Gasteiger partial charge in [-0.05, 0) is 30.7 Å². The maximum Gasteiger partial charge on any atom is 0.319 e. The smallest absolute Gasteiger partial charge is 0.319 e. The molecule has 0 aliphatic rings. The third-order valence-corrected chi connectivity index (χ3v) is 5.30. The Labute approximate surface area is 188 Å². The molecule has 1 amide bonds. The predicted octanol–water partition coefficient (Wildman–Crippen LogP) is 3.77. The predicted molar refractivity (Wildman–Crippen MR) is 119 cm³/mol. The number of phenolic OH excluding ortho intramolecular Hbond substituents is 2. The summed E-state index contributed by atoms with van der Waals surface area (Å²) in [5.74, 6) is -1.78. The van der Waals surface area contributed by atoms with E-state index in [4.69, 9.17) is 0 Å². The zero-order chi connectivity index (χ0) is 23.7. The van der Waals surface area contributed by atoms with Gasteiger partial charge in [-0.1, -0.05) is 41.5 Å². The quantitative estimate of drug-likeness (QED) is 0.429. The second-order valence-corrected chi connectivity index (χ2v) is 7.58. The molecule has 0 saturated carbocycles. The van der Waals surface area contributed by atoms with Gasteiger partial charge in [0.2, 0.25) is 0 Å². The van der Waals surface area contributed by atoms with Gasteiger partial charge in [0, 0.05) is 25.2 Å². The van der Waals surface area contributed by atoms with Crippen molar-refractivity contribution in [3.05, 3.63) is 83.2 Å². The van der Waals surface area contributed by atoms with Gasteiger partial charge in [-0.2, -0.15) is 0 Å². The van der Waals surface area contributed by atoms with Crippen LogP contribution in [-0.4, -0.2) is 47.9 Å². The summed E-state index contributed by atoms with van der Waals surface area (Å²) < 4.78 is 15.3. The number of carbonyl (C=O) groups is 1. The van der Waals surface area contributed by atoms with Crippen LogP contribution in [-0.2, 0) is 6.54 Å². The summed E-state index contributed by atoms with van der Waals surface area (Å²) in [6.07, 6.45) is 0. The molecule has 0 fully saturated rings. The van der Waals surface area contributed by atoms with Crippen LogP contribution < -0.4 is 0 Å². The van der Waals surface area contributed by atoms with E-state index in [1.807, 2.05) is 19.1 Å². The molecule has 33 heavy (non-hydrogen) atoms. The lowest BCUT2D eigenvalue weighted by Gasteiger charge is -2.19. The zero-order valence-corrected chi connectivity index (χ0v) is 17.9. The molecule has 0 saturated heterocycles. The first kappa shape index (κ1) is 21.8. The number of benzene rings is 3. The molecule has 0 aliphatic carbocycles. The molecular weight excluding hydrogens is 427 g/mol. The average molecular weight is 448 g/mol. The second kappa shape index (κ2) is 8.62. The molecule has 1 aromatic heterocycles. The summed E-state index contributed by atoms with van der Waals surface area (Å²) in [5, 5.41) is 38.9. The lowest BCUT2D eigenvalue weighted by molar-refractivity contribution is 0.0781. The first-order chi connectivity index (χ1) is 15.8. The highest BCUT2D eigenvalue weighted by Crippen LogP contribution is 2.37. The topological polar surface area (TPSA) is 112 Å². The number of nitrogens with zero attached hydrogens (tertiary/aromatic N) is 4. The lowest BCUT2D eigenvalue weighted by Crippen LogP contribution is -2.26. The van der Waals surface area contributed by atoms with Gasteiger partial charge in [-0.3, -0.25) is 4.79 Å². The second-order valence-electron chi connectivity index (χ2n) is 7.58. The Kier molecular flexibility index (Phi) is 5.70. The number of amides is 1. The summed E-state index contributed by atoms with van der Waals surface area (Å²) in [4.78, 5) is 14.3. The number of hydrogen-bond donors (Lipinski definition) is 3. The van der Waals surface area contributed by atoms with Gasteiger partial charge in [-0.25, -0.2) is 8.96 Å². The summed E-state index contributed by atoms with van der Waals surface area (Å²) in [7, 11) is 1.47. The van der Waals surface area contributed by atoms with Gasteiger partial charge in [0.15, 0.2) is 5.82 Å². The van der Waals surface area contributed by atoms with Crippen molar-refractivity contribution in [3.8, 4) is 34.6 Å².